The normalized spacial score (nSPS) is 18.1. The molecule has 0 amide bonds. The van der Waals surface area contributed by atoms with E-state index in [-0.39, 0.29) is 18.8 Å². The van der Waals surface area contributed by atoms with Gasteiger partial charge in [-0.2, -0.15) is 8.42 Å². The third-order valence-corrected chi connectivity index (χ3v) is 5.25. The van der Waals surface area contributed by atoms with E-state index in [1.165, 1.54) is 12.1 Å². The molecule has 174 valence electrons. The van der Waals surface area contributed by atoms with Gasteiger partial charge in [0.05, 0.1) is 12.9 Å². The Morgan fingerprint density at radius 3 is 2.36 bits per heavy atom. The minimum atomic E-state index is -3.59. The van der Waals surface area contributed by atoms with Crippen molar-refractivity contribution in [3.05, 3.63) is 60.4 Å². The lowest BCUT2D eigenvalue weighted by Crippen LogP contribution is -2.43. The molecule has 1 fully saturated rings. The largest absolute Gasteiger partial charge is 0.486 e. The van der Waals surface area contributed by atoms with Crippen LogP contribution in [0.3, 0.4) is 0 Å². The standard InChI is InChI=1S/C22H21NO9S/c1-33(26,27)32-18-5-3-15(4-6-18)20-13-19(31-23-20)14-28-16-7-9-17(10-8-16)30-22(21(24)25)11-2-12-29-22/h3-10,13H,2,11-12,14H2,1H3,(H,24,25). The second-order valence-electron chi connectivity index (χ2n) is 7.36. The third-order valence-electron chi connectivity index (χ3n) is 4.76. The molecule has 1 aliphatic heterocycles. The average molecular weight is 475 g/mol. The number of rotatable bonds is 9. The molecule has 1 aliphatic rings. The van der Waals surface area contributed by atoms with E-state index in [0.717, 1.165) is 6.26 Å². The summed E-state index contributed by atoms with van der Waals surface area (Å²) in [5.41, 5.74) is 1.27. The molecule has 1 unspecified atom stereocenters. The zero-order valence-electron chi connectivity index (χ0n) is 17.6. The Hall–Kier alpha value is -3.57. The summed E-state index contributed by atoms with van der Waals surface area (Å²) in [6.07, 6.45) is 1.87. The molecule has 11 heteroatoms. The molecule has 0 spiro atoms. The van der Waals surface area contributed by atoms with Crippen LogP contribution in [-0.4, -0.2) is 43.3 Å². The highest BCUT2D eigenvalue weighted by molar-refractivity contribution is 7.86. The fourth-order valence-electron chi connectivity index (χ4n) is 3.23. The Morgan fingerprint density at radius 1 is 1.09 bits per heavy atom. The van der Waals surface area contributed by atoms with Crippen LogP contribution in [0.4, 0.5) is 0 Å². The van der Waals surface area contributed by atoms with Crippen LogP contribution >= 0.6 is 0 Å². The molecule has 10 nitrogen and oxygen atoms in total. The van der Waals surface area contributed by atoms with Crippen LogP contribution < -0.4 is 13.7 Å². The van der Waals surface area contributed by atoms with Gasteiger partial charge in [-0.25, -0.2) is 4.79 Å². The van der Waals surface area contributed by atoms with Gasteiger partial charge in [-0.05, 0) is 55.0 Å². The topological polar surface area (TPSA) is 134 Å². The molecule has 0 saturated carbocycles. The molecule has 2 heterocycles. The maximum absolute atomic E-state index is 11.5. The number of carboxylic acids is 1. The lowest BCUT2D eigenvalue weighted by atomic mass is 10.1. The summed E-state index contributed by atoms with van der Waals surface area (Å²) < 4.78 is 49.0. The van der Waals surface area contributed by atoms with Crippen molar-refractivity contribution in [1.29, 1.82) is 0 Å². The van der Waals surface area contributed by atoms with Gasteiger partial charge in [0, 0.05) is 18.1 Å². The van der Waals surface area contributed by atoms with Crippen LogP contribution in [0.1, 0.15) is 18.6 Å². The summed E-state index contributed by atoms with van der Waals surface area (Å²) in [5.74, 6) is -1.23. The second kappa shape index (κ2) is 9.12. The second-order valence-corrected chi connectivity index (χ2v) is 8.94. The number of hydrogen-bond donors (Lipinski definition) is 1. The Morgan fingerprint density at radius 2 is 1.76 bits per heavy atom. The summed E-state index contributed by atoms with van der Waals surface area (Å²) in [4.78, 5) is 11.5. The van der Waals surface area contributed by atoms with E-state index >= 15 is 0 Å². The first-order valence-electron chi connectivity index (χ1n) is 9.97. The van der Waals surface area contributed by atoms with Crippen molar-refractivity contribution >= 4 is 16.1 Å². The number of benzene rings is 2. The summed E-state index contributed by atoms with van der Waals surface area (Å²) in [7, 11) is -3.59. The minimum absolute atomic E-state index is 0.116. The van der Waals surface area contributed by atoms with Gasteiger partial charge in [-0.15, -0.1) is 0 Å². The minimum Gasteiger partial charge on any atom is -0.486 e. The molecular weight excluding hydrogens is 454 g/mol. The molecule has 33 heavy (non-hydrogen) atoms. The maximum Gasteiger partial charge on any atom is 0.377 e. The summed E-state index contributed by atoms with van der Waals surface area (Å²) in [5, 5.41) is 13.4. The van der Waals surface area contributed by atoms with Gasteiger partial charge >= 0.3 is 21.9 Å². The first-order chi connectivity index (χ1) is 15.7. The summed E-state index contributed by atoms with van der Waals surface area (Å²) in [6.45, 7) is 0.454. The van der Waals surface area contributed by atoms with Crippen molar-refractivity contribution in [2.24, 2.45) is 0 Å². The summed E-state index contributed by atoms with van der Waals surface area (Å²) in [6, 6.07) is 14.6. The molecule has 0 radical (unpaired) electrons. The van der Waals surface area contributed by atoms with Gasteiger partial charge in [0.1, 0.15) is 29.5 Å². The van der Waals surface area contributed by atoms with Crippen molar-refractivity contribution in [2.75, 3.05) is 12.9 Å². The highest BCUT2D eigenvalue weighted by atomic mass is 32.2. The number of ether oxygens (including phenoxy) is 3. The molecule has 1 saturated heterocycles. The first-order valence-corrected chi connectivity index (χ1v) is 11.8. The number of hydrogen-bond acceptors (Lipinski definition) is 9. The van der Waals surface area contributed by atoms with Gasteiger partial charge in [-0.1, -0.05) is 5.16 Å². The maximum atomic E-state index is 11.5. The van der Waals surface area contributed by atoms with Crippen molar-refractivity contribution < 1.29 is 41.2 Å². The first kappa shape index (κ1) is 22.6. The van der Waals surface area contributed by atoms with E-state index in [1.807, 2.05) is 0 Å². The lowest BCUT2D eigenvalue weighted by molar-refractivity contribution is -0.197. The zero-order valence-corrected chi connectivity index (χ0v) is 18.4. The smallest absolute Gasteiger partial charge is 0.377 e. The van der Waals surface area contributed by atoms with Crippen molar-refractivity contribution in [3.8, 4) is 28.5 Å². The van der Waals surface area contributed by atoms with Crippen LogP contribution in [0.2, 0.25) is 0 Å². The molecule has 2 aromatic carbocycles. The van der Waals surface area contributed by atoms with Gasteiger partial charge in [-0.3, -0.25) is 0 Å². The molecule has 4 rings (SSSR count). The molecule has 1 aromatic heterocycles. The highest BCUT2D eigenvalue weighted by Gasteiger charge is 2.45. The van der Waals surface area contributed by atoms with Crippen LogP contribution in [0.15, 0.2) is 59.1 Å². The van der Waals surface area contributed by atoms with Crippen LogP contribution in [0.5, 0.6) is 17.2 Å². The van der Waals surface area contributed by atoms with E-state index in [0.29, 0.717) is 41.5 Å². The Labute approximate surface area is 189 Å². The predicted molar refractivity (Wildman–Crippen MR) is 114 cm³/mol. The Kier molecular flexibility index (Phi) is 6.25. The van der Waals surface area contributed by atoms with E-state index in [9.17, 15) is 18.3 Å². The number of carboxylic acid groups (broad SMARTS) is 1. The third kappa shape index (κ3) is 5.62. The SMILES string of the molecule is CS(=O)(=O)Oc1ccc(-c2cc(COc3ccc(OC4(C(=O)O)CCCO4)cc3)on2)cc1. The number of nitrogens with zero attached hydrogens (tertiary/aromatic N) is 1. The number of aromatic nitrogens is 1. The predicted octanol–water partition coefficient (Wildman–Crippen LogP) is 3.23. The van der Waals surface area contributed by atoms with Gasteiger partial charge in [0.25, 0.3) is 0 Å². The molecule has 1 atom stereocenters. The average Bonchev–Trinajstić information content (AvgIpc) is 3.43. The Balaban J connectivity index is 1.34. The fourth-order valence-corrected chi connectivity index (χ4v) is 3.69. The summed E-state index contributed by atoms with van der Waals surface area (Å²) >= 11 is 0. The number of aliphatic carboxylic acids is 1. The quantitative estimate of drug-likeness (QED) is 0.460. The van der Waals surface area contributed by atoms with E-state index in [4.69, 9.17) is 22.9 Å². The lowest BCUT2D eigenvalue weighted by Gasteiger charge is -2.24. The van der Waals surface area contributed by atoms with Gasteiger partial charge in [0.2, 0.25) is 0 Å². The van der Waals surface area contributed by atoms with E-state index in [2.05, 4.69) is 5.16 Å². The number of carbonyl (C=O) groups is 1. The fraction of sp³-hybridized carbons (Fsp3) is 0.273. The van der Waals surface area contributed by atoms with Gasteiger partial charge < -0.3 is 28.0 Å². The molecular formula is C22H21NO9S. The molecule has 0 aliphatic carbocycles. The van der Waals surface area contributed by atoms with Crippen molar-refractivity contribution in [2.45, 2.75) is 25.2 Å². The van der Waals surface area contributed by atoms with Crippen molar-refractivity contribution in [3.63, 3.8) is 0 Å². The Bertz CT molecular complexity index is 1210. The van der Waals surface area contributed by atoms with E-state index < -0.39 is 21.9 Å². The van der Waals surface area contributed by atoms with Crippen LogP contribution in [0.25, 0.3) is 11.3 Å². The van der Waals surface area contributed by atoms with Crippen molar-refractivity contribution in [1.82, 2.24) is 5.16 Å². The van der Waals surface area contributed by atoms with Crippen LogP contribution in [0, 0.1) is 0 Å². The highest BCUT2D eigenvalue weighted by Crippen LogP contribution is 2.31. The van der Waals surface area contributed by atoms with Crippen LogP contribution in [-0.2, 0) is 26.3 Å². The van der Waals surface area contributed by atoms with E-state index in [1.54, 1.807) is 42.5 Å². The zero-order chi connectivity index (χ0) is 23.5. The molecule has 1 N–H and O–H groups in total. The molecule has 0 bridgehead atoms. The molecule has 3 aromatic rings. The monoisotopic (exact) mass is 475 g/mol. The van der Waals surface area contributed by atoms with Gasteiger partial charge in [0.15, 0.2) is 5.76 Å².